The average Bonchev–Trinajstić information content (AvgIpc) is 3.82. The number of aryl methyl sites for hydroxylation is 2. The molecule has 6 aromatic rings. The van der Waals surface area contributed by atoms with Gasteiger partial charge in [-0.15, -0.1) is 0 Å². The molecule has 6 N–H and O–H groups in total. The van der Waals surface area contributed by atoms with Crippen LogP contribution in [0, 0.1) is 22.7 Å². The minimum absolute atomic E-state index is 0.0629. The Hall–Kier alpha value is -8.43. The van der Waals surface area contributed by atoms with Crippen molar-refractivity contribution < 1.29 is 55.4 Å². The number of carbonyl (C=O) groups is 3. The Balaban J connectivity index is 1.05. The van der Waals surface area contributed by atoms with E-state index in [0.29, 0.717) is 35.1 Å². The van der Waals surface area contributed by atoms with E-state index in [0.717, 1.165) is 34.1 Å². The average molecular weight is 966 g/mol. The Labute approximate surface area is 396 Å². The van der Waals surface area contributed by atoms with Crippen LogP contribution >= 0.6 is 0 Å². The number of nitrogens with two attached hydrogens (primary N) is 1. The molecule has 4 aromatic carbocycles. The SMILES string of the molecule is C[N+](CCCn1cc2c(c1O)[C@@H](c1ccc(C#N)cc1)NC(=O)N2c1cccc(C(F)(F)F)c1)(CCCn1cc2c(c1O)[C@@H](c1ccc(C#N)cc1)NC(=O)N2c1cccc(C(F)(F)F)c1)CC(N)=O. The Morgan fingerprint density at radius 3 is 1.40 bits per heavy atom. The van der Waals surface area contributed by atoms with Gasteiger partial charge in [0, 0.05) is 38.3 Å². The zero-order valence-electron chi connectivity index (χ0n) is 37.1. The molecule has 2 aromatic heterocycles. The van der Waals surface area contributed by atoms with Crippen molar-refractivity contribution in [2.75, 3.05) is 36.5 Å². The second-order valence-corrected chi connectivity index (χ2v) is 17.3. The molecule has 0 unspecified atom stereocenters. The maximum absolute atomic E-state index is 13.8. The van der Waals surface area contributed by atoms with Gasteiger partial charge in [0.2, 0.25) is 0 Å². The van der Waals surface area contributed by atoms with Crippen molar-refractivity contribution in [2.24, 2.45) is 5.73 Å². The van der Waals surface area contributed by atoms with Crippen LogP contribution in [0.15, 0.2) is 109 Å². The van der Waals surface area contributed by atoms with E-state index in [1.165, 1.54) is 70.1 Å². The third-order valence-electron chi connectivity index (χ3n) is 12.5. The number of nitriles is 2. The molecular weight excluding hydrogens is 923 g/mol. The highest BCUT2D eigenvalue weighted by molar-refractivity contribution is 6.04. The molecule has 70 heavy (non-hydrogen) atoms. The molecule has 0 fully saturated rings. The number of fused-ring (bicyclic) bond motifs is 2. The smallest absolute Gasteiger partial charge is 0.416 e. The van der Waals surface area contributed by atoms with Crippen molar-refractivity contribution in [3.63, 3.8) is 0 Å². The Morgan fingerprint density at radius 1 is 0.671 bits per heavy atom. The first-order valence-corrected chi connectivity index (χ1v) is 21.7. The zero-order chi connectivity index (χ0) is 50.3. The molecule has 2 atom stereocenters. The zero-order valence-corrected chi connectivity index (χ0v) is 37.1. The fourth-order valence-electron chi connectivity index (χ4n) is 9.13. The summed E-state index contributed by atoms with van der Waals surface area (Å²) in [5.41, 5.74) is 5.78. The molecule has 4 heterocycles. The number of alkyl halides is 6. The number of nitrogens with one attached hydrogen (secondary N) is 2. The van der Waals surface area contributed by atoms with Gasteiger partial charge in [-0.25, -0.2) is 9.59 Å². The van der Waals surface area contributed by atoms with Crippen molar-refractivity contribution in [3.05, 3.63) is 154 Å². The summed E-state index contributed by atoms with van der Waals surface area (Å²) >= 11 is 0. The summed E-state index contributed by atoms with van der Waals surface area (Å²) in [4.78, 5) is 42.1. The van der Waals surface area contributed by atoms with Gasteiger partial charge in [-0.3, -0.25) is 14.6 Å². The van der Waals surface area contributed by atoms with Crippen LogP contribution in [0.3, 0.4) is 0 Å². The molecule has 0 saturated heterocycles. The van der Waals surface area contributed by atoms with Gasteiger partial charge < -0.3 is 40.2 Å². The Bertz CT molecular complexity index is 2880. The predicted octanol–water partition coefficient (Wildman–Crippen LogP) is 8.80. The molecule has 0 radical (unpaired) electrons. The number of benzene rings is 4. The molecule has 0 saturated carbocycles. The van der Waals surface area contributed by atoms with Gasteiger partial charge in [0.25, 0.3) is 5.91 Å². The van der Waals surface area contributed by atoms with E-state index in [2.05, 4.69) is 10.6 Å². The molecule has 21 heteroatoms. The number of urea groups is 2. The molecule has 2 aliphatic heterocycles. The van der Waals surface area contributed by atoms with Crippen molar-refractivity contribution >= 4 is 40.7 Å². The first-order valence-electron chi connectivity index (χ1n) is 21.7. The minimum atomic E-state index is -4.72. The molecular formula is C49H43F6N10O5+. The summed E-state index contributed by atoms with van der Waals surface area (Å²) in [5.74, 6) is -1.20. The lowest BCUT2D eigenvalue weighted by Gasteiger charge is -2.33. The second kappa shape index (κ2) is 18.6. The maximum atomic E-state index is 13.8. The van der Waals surface area contributed by atoms with E-state index in [-0.39, 0.29) is 82.8 Å². The normalized spacial score (nSPS) is 15.9. The van der Waals surface area contributed by atoms with Gasteiger partial charge in [-0.1, -0.05) is 36.4 Å². The molecule has 15 nitrogen and oxygen atoms in total. The standard InChI is InChI=1S/C49H42F6N10O5/c1-65(28-39(58)66,20-4-18-61-26-37-40(44(61)67)42(31-14-10-29(24-56)11-15-31)59-46(69)63(37)35-8-2-6-33(22-35)48(50,51)52)21-5-19-62-27-38-41(45(62)68)43(32-16-12-30(25-57)13-17-32)60-47(70)64(38)36-9-3-7-34(23-36)49(53,54)55/h2-3,6-17,22-23,26-27,42-43H,4-5,18-21,28H2,1H3,(H5-,58,59,60,66,67,68,69,70)/p+1/t42-,43-/m1/s1. The number of quaternary nitrogens is 1. The Morgan fingerprint density at radius 2 is 1.06 bits per heavy atom. The van der Waals surface area contributed by atoms with Gasteiger partial charge in [0.1, 0.15) is 0 Å². The lowest BCUT2D eigenvalue weighted by Crippen LogP contribution is -2.51. The van der Waals surface area contributed by atoms with E-state index in [4.69, 9.17) is 5.73 Å². The first kappa shape index (κ1) is 48.0. The van der Waals surface area contributed by atoms with E-state index in [1.54, 1.807) is 31.3 Å². The number of halogens is 6. The lowest BCUT2D eigenvalue weighted by atomic mass is 9.96. The van der Waals surface area contributed by atoms with Crippen LogP contribution in [0.25, 0.3) is 0 Å². The van der Waals surface area contributed by atoms with Crippen LogP contribution in [0.4, 0.5) is 58.7 Å². The molecule has 2 aliphatic rings. The third kappa shape index (κ3) is 9.51. The number of aromatic nitrogens is 2. The summed E-state index contributed by atoms with van der Waals surface area (Å²) < 4.78 is 85.9. The van der Waals surface area contributed by atoms with Crippen molar-refractivity contribution in [3.8, 4) is 23.9 Å². The van der Waals surface area contributed by atoms with Crippen LogP contribution in [0.2, 0.25) is 0 Å². The van der Waals surface area contributed by atoms with Crippen LogP contribution in [0.5, 0.6) is 11.8 Å². The van der Waals surface area contributed by atoms with Gasteiger partial charge in [-0.05, 0) is 71.8 Å². The topological polar surface area (TPSA) is 206 Å². The molecule has 0 aliphatic carbocycles. The fourth-order valence-corrected chi connectivity index (χ4v) is 9.13. The monoisotopic (exact) mass is 965 g/mol. The summed E-state index contributed by atoms with van der Waals surface area (Å²) in [6.07, 6.45) is -5.91. The number of aromatic hydroxyl groups is 2. The molecule has 0 bridgehead atoms. The summed E-state index contributed by atoms with van der Waals surface area (Å²) in [5, 5.41) is 47.9. The van der Waals surface area contributed by atoms with Crippen LogP contribution in [0.1, 0.15) is 69.4 Å². The van der Waals surface area contributed by atoms with Crippen LogP contribution in [-0.4, -0.2) is 68.5 Å². The maximum Gasteiger partial charge on any atom is 0.416 e. The third-order valence-corrected chi connectivity index (χ3v) is 12.5. The van der Waals surface area contributed by atoms with E-state index >= 15 is 0 Å². The molecule has 8 rings (SSSR count). The van der Waals surface area contributed by atoms with Crippen LogP contribution < -0.4 is 26.2 Å². The number of carbonyl (C=O) groups excluding carboxylic acids is 3. The van der Waals surface area contributed by atoms with Crippen LogP contribution in [-0.2, 0) is 30.2 Å². The van der Waals surface area contributed by atoms with Crippen molar-refractivity contribution in [2.45, 2.75) is 50.4 Å². The van der Waals surface area contributed by atoms with Gasteiger partial charge in [0.15, 0.2) is 18.3 Å². The van der Waals surface area contributed by atoms with Crippen molar-refractivity contribution in [1.82, 2.24) is 19.8 Å². The second-order valence-electron chi connectivity index (χ2n) is 17.3. The number of nitrogens with zero attached hydrogens (tertiary/aromatic N) is 7. The highest BCUT2D eigenvalue weighted by atomic mass is 19.4. The quantitative estimate of drug-likeness (QED) is 0.0529. The Kier molecular flexibility index (Phi) is 12.7. The summed E-state index contributed by atoms with van der Waals surface area (Å²) in [6, 6.07) is 21.4. The lowest BCUT2D eigenvalue weighted by molar-refractivity contribution is -0.902. The largest absolute Gasteiger partial charge is 0.494 e. The number of primary amides is 1. The summed E-state index contributed by atoms with van der Waals surface area (Å²) in [7, 11) is 1.78. The number of amides is 5. The van der Waals surface area contributed by atoms with Gasteiger partial charge in [0.05, 0.1) is 100 Å². The van der Waals surface area contributed by atoms with E-state index in [9.17, 15) is 61.5 Å². The van der Waals surface area contributed by atoms with Gasteiger partial charge in [-0.2, -0.15) is 36.9 Å². The predicted molar refractivity (Wildman–Crippen MR) is 242 cm³/mol. The van der Waals surface area contributed by atoms with E-state index < -0.39 is 53.5 Å². The summed E-state index contributed by atoms with van der Waals surface area (Å²) in [6.45, 7) is 0.646. The number of hydrogen-bond donors (Lipinski definition) is 5. The number of rotatable bonds is 14. The first-order chi connectivity index (χ1) is 33.2. The number of anilines is 4. The highest BCUT2D eigenvalue weighted by Gasteiger charge is 2.41. The van der Waals surface area contributed by atoms with Crippen molar-refractivity contribution in [1.29, 1.82) is 10.5 Å². The minimum Gasteiger partial charge on any atom is -0.494 e. The number of likely N-dealkylation sites (N-methyl/N-ethyl adjacent to an activating group) is 1. The van der Waals surface area contributed by atoms with E-state index in [1.807, 2.05) is 12.1 Å². The fraction of sp³-hybridized carbons (Fsp3) is 0.245. The molecule has 360 valence electrons. The van der Waals surface area contributed by atoms with Gasteiger partial charge >= 0.3 is 24.4 Å². The number of hydrogen-bond acceptors (Lipinski definition) is 7. The highest BCUT2D eigenvalue weighted by Crippen LogP contribution is 2.48. The molecule has 5 amide bonds. The molecule has 0 spiro atoms.